The van der Waals surface area contributed by atoms with E-state index in [1.165, 1.54) is 35.1 Å². The van der Waals surface area contributed by atoms with Crippen LogP contribution in [0, 0.1) is 20.8 Å². The molecule has 2 heteroatoms. The number of nitrogens with zero attached hydrogens (tertiary/aromatic N) is 1. The number of aryl methyl sites for hydroxylation is 3. The Balaban J connectivity index is 2.23. The van der Waals surface area contributed by atoms with Gasteiger partial charge < -0.3 is 10.2 Å². The molecule has 1 aliphatic carbocycles. The Morgan fingerprint density at radius 2 is 1.72 bits per heavy atom. The van der Waals surface area contributed by atoms with E-state index < -0.39 is 0 Å². The number of hydrogen-bond acceptors (Lipinski definition) is 2. The molecule has 1 unspecified atom stereocenters. The van der Waals surface area contributed by atoms with Crippen LogP contribution in [0.1, 0.15) is 41.1 Å². The van der Waals surface area contributed by atoms with Gasteiger partial charge in [-0.05, 0) is 64.4 Å². The van der Waals surface area contributed by atoms with E-state index >= 15 is 0 Å². The van der Waals surface area contributed by atoms with E-state index in [4.69, 9.17) is 0 Å². The first-order chi connectivity index (χ1) is 8.49. The minimum Gasteiger partial charge on any atom is -0.312 e. The molecule has 1 saturated carbocycles. The van der Waals surface area contributed by atoms with Gasteiger partial charge in [0, 0.05) is 18.6 Å². The van der Waals surface area contributed by atoms with E-state index in [0.29, 0.717) is 6.04 Å². The van der Waals surface area contributed by atoms with E-state index in [9.17, 15) is 0 Å². The summed E-state index contributed by atoms with van der Waals surface area (Å²) in [6.45, 7) is 7.71. The number of hydrogen-bond donors (Lipinski definition) is 1. The fraction of sp³-hybridized carbons (Fsp3) is 0.625. The van der Waals surface area contributed by atoms with Crippen molar-refractivity contribution in [2.24, 2.45) is 0 Å². The molecule has 1 fully saturated rings. The highest BCUT2D eigenvalue weighted by Gasteiger charge is 2.24. The van der Waals surface area contributed by atoms with Crippen LogP contribution < -0.4 is 5.32 Å². The summed E-state index contributed by atoms with van der Waals surface area (Å²) in [7, 11) is 4.36. The zero-order valence-electron chi connectivity index (χ0n) is 12.4. The highest BCUT2D eigenvalue weighted by atomic mass is 15.1. The van der Waals surface area contributed by atoms with Crippen molar-refractivity contribution in [3.8, 4) is 0 Å². The van der Waals surface area contributed by atoms with Gasteiger partial charge in [-0.25, -0.2) is 0 Å². The first kappa shape index (κ1) is 13.6. The summed E-state index contributed by atoms with van der Waals surface area (Å²) in [5.41, 5.74) is 5.70. The maximum Gasteiger partial charge on any atom is 0.0472 e. The van der Waals surface area contributed by atoms with Crippen LogP contribution in [0.2, 0.25) is 0 Å². The molecule has 2 rings (SSSR count). The summed E-state index contributed by atoms with van der Waals surface area (Å²) in [4.78, 5) is 2.33. The average molecular weight is 246 g/mol. The quantitative estimate of drug-likeness (QED) is 0.859. The van der Waals surface area contributed by atoms with Crippen LogP contribution in [0.25, 0.3) is 0 Å². The van der Waals surface area contributed by atoms with E-state index in [0.717, 1.165) is 12.6 Å². The Morgan fingerprint density at radius 3 is 2.17 bits per heavy atom. The maximum absolute atomic E-state index is 3.66. The molecule has 1 aliphatic rings. The lowest BCUT2D eigenvalue weighted by Crippen LogP contribution is -2.33. The molecule has 0 bridgehead atoms. The van der Waals surface area contributed by atoms with Crippen molar-refractivity contribution < 1.29 is 0 Å². The lowest BCUT2D eigenvalue weighted by atomic mass is 9.93. The van der Waals surface area contributed by atoms with Crippen molar-refractivity contribution in [2.75, 3.05) is 20.6 Å². The lowest BCUT2D eigenvalue weighted by Gasteiger charge is -2.28. The fourth-order valence-electron chi connectivity index (χ4n) is 2.83. The highest BCUT2D eigenvalue weighted by molar-refractivity contribution is 5.39. The summed E-state index contributed by atoms with van der Waals surface area (Å²) in [6.07, 6.45) is 2.71. The van der Waals surface area contributed by atoms with Gasteiger partial charge in [0.1, 0.15) is 0 Å². The smallest absolute Gasteiger partial charge is 0.0472 e. The van der Waals surface area contributed by atoms with Crippen LogP contribution in [0.4, 0.5) is 0 Å². The Bertz CT molecular complexity index is 396. The van der Waals surface area contributed by atoms with Gasteiger partial charge in [-0.1, -0.05) is 17.7 Å². The van der Waals surface area contributed by atoms with Crippen molar-refractivity contribution >= 4 is 0 Å². The maximum atomic E-state index is 3.66. The largest absolute Gasteiger partial charge is 0.312 e. The van der Waals surface area contributed by atoms with Gasteiger partial charge in [0.2, 0.25) is 0 Å². The molecule has 100 valence electrons. The summed E-state index contributed by atoms with van der Waals surface area (Å²) < 4.78 is 0. The van der Waals surface area contributed by atoms with Gasteiger partial charge in [0.25, 0.3) is 0 Å². The predicted molar refractivity (Wildman–Crippen MR) is 78.1 cm³/mol. The molecular formula is C16H26N2. The Hall–Kier alpha value is -0.860. The molecular weight excluding hydrogens is 220 g/mol. The minimum absolute atomic E-state index is 0.478. The molecule has 18 heavy (non-hydrogen) atoms. The summed E-state index contributed by atoms with van der Waals surface area (Å²) in [6, 6.07) is 5.86. The zero-order valence-corrected chi connectivity index (χ0v) is 12.4. The van der Waals surface area contributed by atoms with Crippen molar-refractivity contribution in [3.05, 3.63) is 34.4 Å². The standard InChI is InChI=1S/C16H26N2/c1-11-8-12(2)16(13(3)9-11)15(18(4)5)10-17-14-6-7-14/h8-9,14-15,17H,6-7,10H2,1-5H3. The van der Waals surface area contributed by atoms with Gasteiger partial charge in [-0.3, -0.25) is 0 Å². The Morgan fingerprint density at radius 1 is 1.17 bits per heavy atom. The second-order valence-corrected chi connectivity index (χ2v) is 5.97. The average Bonchev–Trinajstić information content (AvgIpc) is 3.04. The van der Waals surface area contributed by atoms with Gasteiger partial charge in [0.15, 0.2) is 0 Å². The van der Waals surface area contributed by atoms with Crippen molar-refractivity contribution in [1.82, 2.24) is 10.2 Å². The summed E-state index contributed by atoms with van der Waals surface area (Å²) in [5.74, 6) is 0. The number of likely N-dealkylation sites (N-methyl/N-ethyl adjacent to an activating group) is 1. The second-order valence-electron chi connectivity index (χ2n) is 5.97. The van der Waals surface area contributed by atoms with E-state index in [1.807, 2.05) is 0 Å². The molecule has 1 N–H and O–H groups in total. The van der Waals surface area contributed by atoms with Gasteiger partial charge in [-0.2, -0.15) is 0 Å². The number of benzene rings is 1. The number of nitrogens with one attached hydrogen (secondary N) is 1. The summed E-state index contributed by atoms with van der Waals surface area (Å²) >= 11 is 0. The first-order valence-corrected chi connectivity index (χ1v) is 6.96. The molecule has 0 radical (unpaired) electrons. The molecule has 0 heterocycles. The van der Waals surface area contributed by atoms with Gasteiger partial charge in [-0.15, -0.1) is 0 Å². The molecule has 2 nitrogen and oxygen atoms in total. The third-order valence-corrected chi connectivity index (χ3v) is 3.87. The predicted octanol–water partition coefficient (Wildman–Crippen LogP) is 2.97. The van der Waals surface area contributed by atoms with E-state index in [1.54, 1.807) is 0 Å². The van der Waals surface area contributed by atoms with Crippen LogP contribution in [0.5, 0.6) is 0 Å². The van der Waals surface area contributed by atoms with Crippen molar-refractivity contribution in [1.29, 1.82) is 0 Å². The molecule has 1 aromatic rings. The molecule has 1 aromatic carbocycles. The Labute approximate surface area is 111 Å². The van der Waals surface area contributed by atoms with Crippen LogP contribution >= 0.6 is 0 Å². The van der Waals surface area contributed by atoms with Crippen LogP contribution in [0.3, 0.4) is 0 Å². The van der Waals surface area contributed by atoms with E-state index in [-0.39, 0.29) is 0 Å². The Kier molecular flexibility index (Phi) is 4.08. The normalized spacial score (nSPS) is 17.2. The zero-order chi connectivity index (χ0) is 13.3. The van der Waals surface area contributed by atoms with Crippen molar-refractivity contribution in [3.63, 3.8) is 0 Å². The van der Waals surface area contributed by atoms with Crippen LogP contribution in [0.15, 0.2) is 12.1 Å². The molecule has 0 aromatic heterocycles. The topological polar surface area (TPSA) is 15.3 Å². The molecule has 0 amide bonds. The monoisotopic (exact) mass is 246 g/mol. The van der Waals surface area contributed by atoms with Crippen LogP contribution in [-0.4, -0.2) is 31.6 Å². The first-order valence-electron chi connectivity index (χ1n) is 6.96. The van der Waals surface area contributed by atoms with E-state index in [2.05, 4.69) is 57.2 Å². The second kappa shape index (κ2) is 5.41. The molecule has 0 spiro atoms. The van der Waals surface area contributed by atoms with Gasteiger partial charge in [0.05, 0.1) is 0 Å². The van der Waals surface area contributed by atoms with Gasteiger partial charge >= 0.3 is 0 Å². The SMILES string of the molecule is Cc1cc(C)c(C(CNC2CC2)N(C)C)c(C)c1. The lowest BCUT2D eigenvalue weighted by molar-refractivity contribution is 0.286. The third kappa shape index (κ3) is 3.12. The molecule has 0 saturated heterocycles. The highest BCUT2D eigenvalue weighted by Crippen LogP contribution is 2.27. The summed E-state index contributed by atoms with van der Waals surface area (Å²) in [5, 5.41) is 3.66. The van der Waals surface area contributed by atoms with Crippen LogP contribution in [-0.2, 0) is 0 Å². The number of rotatable bonds is 5. The van der Waals surface area contributed by atoms with Crippen molar-refractivity contribution in [2.45, 2.75) is 45.7 Å². The molecule has 1 atom stereocenters. The third-order valence-electron chi connectivity index (χ3n) is 3.87. The minimum atomic E-state index is 0.478. The molecule has 0 aliphatic heterocycles. The fourth-order valence-corrected chi connectivity index (χ4v) is 2.83.